The van der Waals surface area contributed by atoms with Crippen LogP contribution in [0, 0.1) is 0 Å². The second-order valence-electron chi connectivity index (χ2n) is 3.36. The molecule has 1 aromatic heterocycles. The molecule has 6 nitrogen and oxygen atoms in total. The third-order valence-electron chi connectivity index (χ3n) is 1.81. The van der Waals surface area contributed by atoms with E-state index in [0.29, 0.717) is 18.0 Å². The average Bonchev–Trinajstić information content (AvgIpc) is 2.76. The van der Waals surface area contributed by atoms with Gasteiger partial charge >= 0.3 is 0 Å². The van der Waals surface area contributed by atoms with Crippen molar-refractivity contribution in [3.63, 3.8) is 0 Å². The highest BCUT2D eigenvalue weighted by Crippen LogP contribution is 1.98. The molecular formula is C10H14N4O2S. The zero-order valence-corrected chi connectivity index (χ0v) is 10.2. The topological polar surface area (TPSA) is 92.6 Å². The van der Waals surface area contributed by atoms with Gasteiger partial charge in [-0.05, 0) is 31.3 Å². The van der Waals surface area contributed by atoms with E-state index >= 15 is 0 Å². The molecule has 1 heterocycles. The van der Waals surface area contributed by atoms with Crippen molar-refractivity contribution in [3.05, 3.63) is 24.2 Å². The number of rotatable bonds is 5. The maximum atomic E-state index is 11.5. The van der Waals surface area contributed by atoms with Crippen LogP contribution >= 0.6 is 12.2 Å². The van der Waals surface area contributed by atoms with E-state index in [1.807, 2.05) is 0 Å². The molecule has 1 aromatic rings. The minimum Gasteiger partial charge on any atom is -0.467 e. The van der Waals surface area contributed by atoms with E-state index in [0.717, 1.165) is 0 Å². The van der Waals surface area contributed by atoms with Crippen molar-refractivity contribution in [3.8, 4) is 0 Å². The molecule has 0 aliphatic rings. The summed E-state index contributed by atoms with van der Waals surface area (Å²) in [6.07, 6.45) is 1.73. The Kier molecular flexibility index (Phi) is 5.15. The second-order valence-corrected chi connectivity index (χ2v) is 3.80. The number of nitrogens with two attached hydrogens (primary N) is 1. The summed E-state index contributed by atoms with van der Waals surface area (Å²) in [5, 5.41) is 6.59. The molecule has 0 unspecified atom stereocenters. The van der Waals surface area contributed by atoms with Gasteiger partial charge in [-0.25, -0.2) is 0 Å². The number of hydrogen-bond acceptors (Lipinski definition) is 4. The first kappa shape index (κ1) is 13.2. The number of carbonyl (C=O) groups is 1. The number of nitrogens with zero attached hydrogens (tertiary/aromatic N) is 1. The number of furan rings is 1. The monoisotopic (exact) mass is 254 g/mol. The Morgan fingerprint density at radius 3 is 3.00 bits per heavy atom. The van der Waals surface area contributed by atoms with Gasteiger partial charge in [-0.15, -0.1) is 0 Å². The minimum atomic E-state index is -0.146. The van der Waals surface area contributed by atoms with Gasteiger partial charge in [0, 0.05) is 5.71 Å². The lowest BCUT2D eigenvalue weighted by molar-refractivity contribution is -0.120. The van der Waals surface area contributed by atoms with Gasteiger partial charge in [-0.1, -0.05) is 0 Å². The van der Waals surface area contributed by atoms with Gasteiger partial charge in [-0.3, -0.25) is 10.2 Å². The van der Waals surface area contributed by atoms with E-state index in [-0.39, 0.29) is 17.4 Å². The van der Waals surface area contributed by atoms with Gasteiger partial charge in [0.2, 0.25) is 5.91 Å². The number of amides is 1. The van der Waals surface area contributed by atoms with Crippen molar-refractivity contribution in [1.82, 2.24) is 10.7 Å². The van der Waals surface area contributed by atoms with Gasteiger partial charge in [0.25, 0.3) is 0 Å². The van der Waals surface area contributed by atoms with Crippen molar-refractivity contribution in [2.45, 2.75) is 19.9 Å². The highest BCUT2D eigenvalue weighted by atomic mass is 32.1. The standard InChI is InChI=1S/C10H14N4O2S/c1-7(13-14-10(11)17)5-9(15)12-6-8-3-2-4-16-8/h2-4H,5-6H2,1H3,(H,12,15)(H3,11,14,17). The molecular weight excluding hydrogens is 240 g/mol. The van der Waals surface area contributed by atoms with Gasteiger partial charge < -0.3 is 15.5 Å². The van der Waals surface area contributed by atoms with Crippen LogP contribution in [-0.2, 0) is 11.3 Å². The van der Waals surface area contributed by atoms with E-state index in [2.05, 4.69) is 28.1 Å². The third-order valence-corrected chi connectivity index (χ3v) is 1.90. The molecule has 0 atom stereocenters. The fourth-order valence-electron chi connectivity index (χ4n) is 1.08. The van der Waals surface area contributed by atoms with Gasteiger partial charge in [0.1, 0.15) is 5.76 Å². The summed E-state index contributed by atoms with van der Waals surface area (Å²) >= 11 is 4.58. The molecule has 0 aliphatic carbocycles. The van der Waals surface area contributed by atoms with Crippen molar-refractivity contribution in [2.24, 2.45) is 10.8 Å². The minimum absolute atomic E-state index is 0.0698. The molecule has 92 valence electrons. The van der Waals surface area contributed by atoms with Crippen molar-refractivity contribution in [1.29, 1.82) is 0 Å². The summed E-state index contributed by atoms with van der Waals surface area (Å²) in [7, 11) is 0. The van der Waals surface area contributed by atoms with E-state index in [1.165, 1.54) is 0 Å². The first-order chi connectivity index (χ1) is 8.08. The molecule has 0 fully saturated rings. The van der Waals surface area contributed by atoms with Crippen LogP contribution in [0.15, 0.2) is 27.9 Å². The smallest absolute Gasteiger partial charge is 0.226 e. The van der Waals surface area contributed by atoms with E-state index in [4.69, 9.17) is 10.2 Å². The molecule has 4 N–H and O–H groups in total. The lowest BCUT2D eigenvalue weighted by Gasteiger charge is -2.03. The van der Waals surface area contributed by atoms with Crippen LogP contribution in [0.25, 0.3) is 0 Å². The summed E-state index contributed by atoms with van der Waals surface area (Å²) in [6, 6.07) is 3.55. The van der Waals surface area contributed by atoms with Crippen molar-refractivity contribution < 1.29 is 9.21 Å². The molecule has 0 saturated carbocycles. The first-order valence-electron chi connectivity index (χ1n) is 4.95. The largest absolute Gasteiger partial charge is 0.467 e. The highest BCUT2D eigenvalue weighted by molar-refractivity contribution is 7.80. The Balaban J connectivity index is 2.29. The zero-order chi connectivity index (χ0) is 12.7. The van der Waals surface area contributed by atoms with E-state index in [9.17, 15) is 4.79 Å². The quantitative estimate of drug-likeness (QED) is 0.404. The van der Waals surface area contributed by atoms with E-state index < -0.39 is 0 Å². The van der Waals surface area contributed by atoms with Gasteiger partial charge in [-0.2, -0.15) is 5.10 Å². The van der Waals surface area contributed by atoms with Crippen LogP contribution < -0.4 is 16.5 Å². The molecule has 1 rings (SSSR count). The normalized spacial score (nSPS) is 11.0. The summed E-state index contributed by atoms with van der Waals surface area (Å²) in [6.45, 7) is 2.07. The predicted molar refractivity (Wildman–Crippen MR) is 68.2 cm³/mol. The van der Waals surface area contributed by atoms with Crippen molar-refractivity contribution >= 4 is 28.9 Å². The molecule has 0 radical (unpaired) electrons. The zero-order valence-electron chi connectivity index (χ0n) is 9.40. The van der Waals surface area contributed by atoms with Crippen LogP contribution in [0.1, 0.15) is 19.1 Å². The van der Waals surface area contributed by atoms with Crippen LogP contribution in [-0.4, -0.2) is 16.7 Å². The number of carbonyl (C=O) groups excluding carboxylic acids is 1. The molecule has 0 aromatic carbocycles. The Bertz CT molecular complexity index is 414. The molecule has 17 heavy (non-hydrogen) atoms. The predicted octanol–water partition coefficient (Wildman–Crippen LogP) is 0.495. The third kappa shape index (κ3) is 5.67. The fraction of sp³-hybridized carbons (Fsp3) is 0.300. The van der Waals surface area contributed by atoms with Gasteiger partial charge in [0.15, 0.2) is 5.11 Å². The maximum absolute atomic E-state index is 11.5. The first-order valence-corrected chi connectivity index (χ1v) is 5.36. The van der Waals surface area contributed by atoms with Crippen LogP contribution in [0.4, 0.5) is 0 Å². The number of nitrogens with one attached hydrogen (secondary N) is 2. The molecule has 0 spiro atoms. The Morgan fingerprint density at radius 1 is 1.65 bits per heavy atom. The second kappa shape index (κ2) is 6.64. The number of thiocarbonyl (C=S) groups is 1. The molecule has 7 heteroatoms. The lowest BCUT2D eigenvalue weighted by atomic mass is 10.3. The summed E-state index contributed by atoms with van der Waals surface area (Å²) in [5.74, 6) is 0.557. The summed E-state index contributed by atoms with van der Waals surface area (Å²) in [5.41, 5.74) is 8.21. The average molecular weight is 254 g/mol. The lowest BCUT2D eigenvalue weighted by Crippen LogP contribution is -2.28. The Hall–Kier alpha value is -1.89. The number of hydrazone groups is 1. The Labute approximate surface area is 104 Å². The van der Waals surface area contributed by atoms with Crippen LogP contribution in [0.3, 0.4) is 0 Å². The molecule has 0 saturated heterocycles. The summed E-state index contributed by atoms with van der Waals surface area (Å²) < 4.78 is 5.08. The number of hydrogen-bond donors (Lipinski definition) is 3. The molecule has 1 amide bonds. The van der Waals surface area contributed by atoms with Crippen LogP contribution in [0.5, 0.6) is 0 Å². The van der Waals surface area contributed by atoms with Crippen molar-refractivity contribution in [2.75, 3.05) is 0 Å². The molecule has 0 bridgehead atoms. The highest BCUT2D eigenvalue weighted by Gasteiger charge is 2.04. The Morgan fingerprint density at radius 2 is 2.41 bits per heavy atom. The van der Waals surface area contributed by atoms with Crippen LogP contribution in [0.2, 0.25) is 0 Å². The van der Waals surface area contributed by atoms with Gasteiger partial charge in [0.05, 0.1) is 19.2 Å². The summed E-state index contributed by atoms with van der Waals surface area (Å²) in [4.78, 5) is 11.5. The fourth-order valence-corrected chi connectivity index (χ4v) is 1.13. The van der Waals surface area contributed by atoms with E-state index in [1.54, 1.807) is 25.3 Å². The SMILES string of the molecule is CC(CC(=O)NCc1ccco1)=NNC(N)=S. The maximum Gasteiger partial charge on any atom is 0.226 e. The molecule has 0 aliphatic heterocycles.